The van der Waals surface area contributed by atoms with Gasteiger partial charge in [0.15, 0.2) is 0 Å². The van der Waals surface area contributed by atoms with Crippen LogP contribution in [0.5, 0.6) is 5.75 Å². The summed E-state index contributed by atoms with van der Waals surface area (Å²) in [5, 5.41) is 17.4. The van der Waals surface area contributed by atoms with Gasteiger partial charge in [0, 0.05) is 0 Å². The number of nitrogens with zero attached hydrogens (tertiary/aromatic N) is 1. The van der Waals surface area contributed by atoms with E-state index in [4.69, 9.17) is 15.1 Å². The number of aliphatic hydroxyl groups excluding tert-OH is 1. The van der Waals surface area contributed by atoms with E-state index in [9.17, 15) is 0 Å². The molecule has 0 aromatic heterocycles. The van der Waals surface area contributed by atoms with E-state index in [0.29, 0.717) is 11.3 Å². The van der Waals surface area contributed by atoms with Gasteiger partial charge in [-0.2, -0.15) is 5.26 Å². The van der Waals surface area contributed by atoms with E-state index in [1.807, 2.05) is 6.07 Å². The number of nitriles is 1. The maximum atomic E-state index is 8.84. The molecule has 1 unspecified atom stereocenters. The van der Waals surface area contributed by atoms with E-state index < -0.39 is 6.10 Å². The molecular weight excluding hydrogens is 178 g/mol. The van der Waals surface area contributed by atoms with Crippen LogP contribution in [0, 0.1) is 11.3 Å². The monoisotopic (exact) mass is 189 g/mol. The molecule has 0 saturated heterocycles. The molecule has 0 fully saturated rings. The van der Waals surface area contributed by atoms with Crippen molar-refractivity contribution in [2.75, 3.05) is 6.61 Å². The Hall–Kier alpha value is -1.79. The molecule has 0 aliphatic heterocycles. The number of benzene rings is 1. The fourth-order valence-electron chi connectivity index (χ4n) is 0.943. The Bertz CT molecular complexity index is 337. The van der Waals surface area contributed by atoms with E-state index in [-0.39, 0.29) is 6.61 Å². The zero-order valence-corrected chi connectivity index (χ0v) is 7.68. The van der Waals surface area contributed by atoms with E-state index >= 15 is 0 Å². The molecule has 72 valence electrons. The molecule has 1 rings (SSSR count). The van der Waals surface area contributed by atoms with Crippen molar-refractivity contribution in [1.29, 1.82) is 5.26 Å². The molecule has 0 aliphatic rings. The molecule has 0 aliphatic carbocycles. The van der Waals surface area contributed by atoms with Crippen molar-refractivity contribution >= 4 is 0 Å². The van der Waals surface area contributed by atoms with Crippen LogP contribution < -0.4 is 4.74 Å². The van der Waals surface area contributed by atoms with Gasteiger partial charge in [-0.15, -0.1) is 0 Å². The van der Waals surface area contributed by atoms with Crippen LogP contribution in [0.3, 0.4) is 0 Å². The van der Waals surface area contributed by atoms with Crippen LogP contribution in [0.4, 0.5) is 0 Å². The van der Waals surface area contributed by atoms with Crippen LogP contribution in [0.1, 0.15) is 5.56 Å². The second-order valence-electron chi connectivity index (χ2n) is 2.71. The lowest BCUT2D eigenvalue weighted by Gasteiger charge is -2.12. The molecule has 3 heteroatoms. The molecule has 1 aromatic carbocycles. The van der Waals surface area contributed by atoms with Gasteiger partial charge in [0.25, 0.3) is 0 Å². The molecule has 0 saturated carbocycles. The maximum absolute atomic E-state index is 8.84. The van der Waals surface area contributed by atoms with E-state index in [1.54, 1.807) is 24.3 Å². The Morgan fingerprint density at radius 1 is 1.50 bits per heavy atom. The van der Waals surface area contributed by atoms with Crippen LogP contribution >= 0.6 is 0 Å². The first-order chi connectivity index (χ1) is 6.80. The van der Waals surface area contributed by atoms with Gasteiger partial charge in [0.1, 0.15) is 11.9 Å². The Morgan fingerprint density at radius 2 is 2.14 bits per heavy atom. The topological polar surface area (TPSA) is 53.2 Å². The quantitative estimate of drug-likeness (QED) is 0.730. The molecule has 0 bridgehead atoms. The van der Waals surface area contributed by atoms with Crippen LogP contribution in [-0.2, 0) is 0 Å². The predicted octanol–water partition coefficient (Wildman–Crippen LogP) is 1.48. The standard InChI is InChI=1S/C11H11NO2/c1-2-10(8-13)14-11-5-3-9(7-12)4-6-11/h2-6,10,13H,1,8H2. The highest BCUT2D eigenvalue weighted by atomic mass is 16.5. The SMILES string of the molecule is C=CC(CO)Oc1ccc(C#N)cc1. The molecule has 0 amide bonds. The highest BCUT2D eigenvalue weighted by Crippen LogP contribution is 2.13. The summed E-state index contributed by atoms with van der Waals surface area (Å²) in [6, 6.07) is 8.70. The van der Waals surface area contributed by atoms with Crippen molar-refractivity contribution in [3.05, 3.63) is 42.5 Å². The highest BCUT2D eigenvalue weighted by molar-refractivity contribution is 5.34. The maximum Gasteiger partial charge on any atom is 0.140 e. The fraction of sp³-hybridized carbons (Fsp3) is 0.182. The van der Waals surface area contributed by atoms with Crippen molar-refractivity contribution in [2.24, 2.45) is 0 Å². The van der Waals surface area contributed by atoms with Crippen molar-refractivity contribution in [3.8, 4) is 11.8 Å². The van der Waals surface area contributed by atoms with Crippen molar-refractivity contribution in [3.63, 3.8) is 0 Å². The van der Waals surface area contributed by atoms with Crippen molar-refractivity contribution in [2.45, 2.75) is 6.10 Å². The van der Waals surface area contributed by atoms with E-state index in [1.165, 1.54) is 6.08 Å². The molecule has 1 atom stereocenters. The van der Waals surface area contributed by atoms with Crippen LogP contribution in [-0.4, -0.2) is 17.8 Å². The van der Waals surface area contributed by atoms with Crippen molar-refractivity contribution in [1.82, 2.24) is 0 Å². The van der Waals surface area contributed by atoms with E-state index in [2.05, 4.69) is 6.58 Å². The molecule has 1 aromatic rings. The summed E-state index contributed by atoms with van der Waals surface area (Å²) in [6.45, 7) is 3.42. The van der Waals surface area contributed by atoms with Gasteiger partial charge in [0.05, 0.1) is 18.2 Å². The van der Waals surface area contributed by atoms with Gasteiger partial charge in [0.2, 0.25) is 0 Å². The molecular formula is C11H11NO2. The number of aliphatic hydroxyl groups is 1. The third-order valence-corrected chi connectivity index (χ3v) is 1.71. The number of hydrogen-bond acceptors (Lipinski definition) is 3. The average Bonchev–Trinajstić information content (AvgIpc) is 2.26. The minimum atomic E-state index is -0.400. The molecule has 1 N–H and O–H groups in total. The normalized spacial score (nSPS) is 11.4. The lowest BCUT2D eigenvalue weighted by atomic mass is 10.2. The van der Waals surface area contributed by atoms with Gasteiger partial charge in [-0.3, -0.25) is 0 Å². The summed E-state index contributed by atoms with van der Waals surface area (Å²) >= 11 is 0. The summed E-state index contributed by atoms with van der Waals surface area (Å²) in [4.78, 5) is 0. The number of hydrogen-bond donors (Lipinski definition) is 1. The summed E-state index contributed by atoms with van der Waals surface area (Å²) in [5.41, 5.74) is 0.580. The molecule has 0 heterocycles. The fourth-order valence-corrected chi connectivity index (χ4v) is 0.943. The Morgan fingerprint density at radius 3 is 2.57 bits per heavy atom. The number of ether oxygens (including phenoxy) is 1. The Kier molecular flexibility index (Phi) is 3.71. The Balaban J connectivity index is 2.69. The molecule has 3 nitrogen and oxygen atoms in total. The molecule has 14 heavy (non-hydrogen) atoms. The summed E-state index contributed by atoms with van der Waals surface area (Å²) in [7, 11) is 0. The largest absolute Gasteiger partial charge is 0.484 e. The first-order valence-electron chi connectivity index (χ1n) is 4.20. The third-order valence-electron chi connectivity index (χ3n) is 1.71. The molecule has 0 radical (unpaired) electrons. The van der Waals surface area contributed by atoms with Crippen molar-refractivity contribution < 1.29 is 9.84 Å². The van der Waals surface area contributed by atoms with Crippen LogP contribution in [0.15, 0.2) is 36.9 Å². The van der Waals surface area contributed by atoms with Crippen LogP contribution in [0.25, 0.3) is 0 Å². The summed E-state index contributed by atoms with van der Waals surface area (Å²) < 4.78 is 5.33. The van der Waals surface area contributed by atoms with Crippen LogP contribution in [0.2, 0.25) is 0 Å². The first kappa shape index (κ1) is 10.3. The molecule has 0 spiro atoms. The third kappa shape index (κ3) is 2.61. The average molecular weight is 189 g/mol. The van der Waals surface area contributed by atoms with E-state index in [0.717, 1.165) is 0 Å². The van der Waals surface area contributed by atoms with Gasteiger partial charge >= 0.3 is 0 Å². The summed E-state index contributed by atoms with van der Waals surface area (Å²) in [6.07, 6.45) is 1.13. The minimum Gasteiger partial charge on any atom is -0.484 e. The first-order valence-corrected chi connectivity index (χ1v) is 4.20. The van der Waals surface area contributed by atoms with Gasteiger partial charge in [-0.1, -0.05) is 6.58 Å². The second-order valence-corrected chi connectivity index (χ2v) is 2.71. The van der Waals surface area contributed by atoms with Gasteiger partial charge in [-0.05, 0) is 30.3 Å². The summed E-state index contributed by atoms with van der Waals surface area (Å²) in [5.74, 6) is 0.614. The van der Waals surface area contributed by atoms with Gasteiger partial charge < -0.3 is 9.84 Å². The number of rotatable bonds is 4. The second kappa shape index (κ2) is 5.05. The van der Waals surface area contributed by atoms with Gasteiger partial charge in [-0.25, -0.2) is 0 Å². The Labute approximate surface area is 82.9 Å². The minimum absolute atomic E-state index is 0.108. The zero-order valence-electron chi connectivity index (χ0n) is 7.68. The lowest BCUT2D eigenvalue weighted by Crippen LogP contribution is -2.17. The lowest BCUT2D eigenvalue weighted by molar-refractivity contribution is 0.150. The smallest absolute Gasteiger partial charge is 0.140 e. The zero-order chi connectivity index (χ0) is 10.4. The highest BCUT2D eigenvalue weighted by Gasteiger charge is 2.03. The predicted molar refractivity (Wildman–Crippen MR) is 52.9 cm³/mol.